The van der Waals surface area contributed by atoms with Gasteiger partial charge >= 0.3 is 6.09 Å². The summed E-state index contributed by atoms with van der Waals surface area (Å²) in [5.41, 5.74) is -0.486. The highest BCUT2D eigenvalue weighted by molar-refractivity contribution is 5.82. The molecule has 0 bridgehead atoms. The predicted octanol–water partition coefficient (Wildman–Crippen LogP) is 3.94. The van der Waals surface area contributed by atoms with Crippen LogP contribution in [0.4, 0.5) is 4.79 Å². The fourth-order valence-electron chi connectivity index (χ4n) is 3.33. The Labute approximate surface area is 140 Å². The molecule has 130 valence electrons. The summed E-state index contributed by atoms with van der Waals surface area (Å²) < 4.78 is 5.20. The van der Waals surface area contributed by atoms with Gasteiger partial charge in [-0.15, -0.1) is 12.3 Å². The van der Waals surface area contributed by atoms with Gasteiger partial charge in [-0.2, -0.15) is 0 Å². The fourth-order valence-corrected chi connectivity index (χ4v) is 3.33. The van der Waals surface area contributed by atoms with E-state index in [2.05, 4.69) is 18.2 Å². The zero-order chi connectivity index (χ0) is 17.5. The van der Waals surface area contributed by atoms with Crippen LogP contribution in [0.5, 0.6) is 0 Å². The lowest BCUT2D eigenvalue weighted by atomic mass is 9.70. The Bertz CT molecular complexity index is 445. The van der Waals surface area contributed by atoms with Crippen LogP contribution in [-0.2, 0) is 9.53 Å². The molecule has 0 heterocycles. The Balaban J connectivity index is 2.39. The molecule has 0 aromatic heterocycles. The second kappa shape index (κ2) is 8.96. The minimum absolute atomic E-state index is 0.0972. The van der Waals surface area contributed by atoms with E-state index in [1.807, 2.05) is 20.8 Å². The van der Waals surface area contributed by atoms with Crippen LogP contribution in [0.2, 0.25) is 0 Å². The molecule has 1 saturated carbocycles. The van der Waals surface area contributed by atoms with Gasteiger partial charge in [-0.05, 0) is 58.3 Å². The van der Waals surface area contributed by atoms with Gasteiger partial charge in [-0.25, -0.2) is 4.79 Å². The summed E-state index contributed by atoms with van der Waals surface area (Å²) in [4.78, 5) is 23.9. The largest absolute Gasteiger partial charge is 0.444 e. The standard InChI is InChI=1S/C19H31NO3/c1-6-7-9-15-12-14(2)13-17(21)16(15)10-8-11-20-18(22)23-19(3,4)5/h1,14-16H,7-13H2,2-5H3,(H,20,22)/t14-,15-,16?/m1/s1. The quantitative estimate of drug-likeness (QED) is 0.595. The molecule has 1 aliphatic carbocycles. The topological polar surface area (TPSA) is 55.4 Å². The van der Waals surface area contributed by atoms with Crippen molar-refractivity contribution in [3.05, 3.63) is 0 Å². The summed E-state index contributed by atoms with van der Waals surface area (Å²) in [6, 6.07) is 0. The number of hydrogen-bond donors (Lipinski definition) is 1. The van der Waals surface area contributed by atoms with Crippen LogP contribution in [0, 0.1) is 30.1 Å². The van der Waals surface area contributed by atoms with Crippen LogP contribution in [0.3, 0.4) is 0 Å². The van der Waals surface area contributed by atoms with Crippen molar-refractivity contribution in [2.45, 2.75) is 71.8 Å². The second-order valence-electron chi connectivity index (χ2n) is 7.69. The summed E-state index contributed by atoms with van der Waals surface area (Å²) >= 11 is 0. The molecule has 1 rings (SSSR count). The molecule has 1 fully saturated rings. The minimum atomic E-state index is -0.486. The summed E-state index contributed by atoms with van der Waals surface area (Å²) in [6.07, 6.45) is 9.99. The highest BCUT2D eigenvalue weighted by Gasteiger charge is 2.34. The molecule has 0 aromatic carbocycles. The number of amides is 1. The molecule has 0 spiro atoms. The van der Waals surface area contributed by atoms with Gasteiger partial charge in [0.1, 0.15) is 11.4 Å². The zero-order valence-electron chi connectivity index (χ0n) is 15.0. The van der Waals surface area contributed by atoms with E-state index < -0.39 is 11.7 Å². The van der Waals surface area contributed by atoms with Crippen LogP contribution < -0.4 is 5.32 Å². The molecular weight excluding hydrogens is 290 g/mol. The number of Topliss-reactive ketones (excluding diaryl/α,β-unsaturated/α-hetero) is 1. The van der Waals surface area contributed by atoms with Crippen molar-refractivity contribution in [1.29, 1.82) is 0 Å². The number of ether oxygens (including phenoxy) is 1. The Hall–Kier alpha value is -1.50. The van der Waals surface area contributed by atoms with Gasteiger partial charge < -0.3 is 10.1 Å². The highest BCUT2D eigenvalue weighted by atomic mass is 16.6. The number of carbonyl (C=O) groups excluding carboxylic acids is 2. The van der Waals surface area contributed by atoms with E-state index in [-0.39, 0.29) is 5.92 Å². The van der Waals surface area contributed by atoms with E-state index in [1.54, 1.807) is 0 Å². The monoisotopic (exact) mass is 321 g/mol. The Morgan fingerprint density at radius 1 is 1.39 bits per heavy atom. The Morgan fingerprint density at radius 3 is 2.70 bits per heavy atom. The molecule has 23 heavy (non-hydrogen) atoms. The molecule has 0 aromatic rings. The van der Waals surface area contributed by atoms with Crippen molar-refractivity contribution in [1.82, 2.24) is 5.32 Å². The van der Waals surface area contributed by atoms with Gasteiger partial charge in [0.05, 0.1) is 0 Å². The van der Waals surface area contributed by atoms with Crippen LogP contribution in [-0.4, -0.2) is 24.0 Å². The molecule has 1 unspecified atom stereocenters. The Morgan fingerprint density at radius 2 is 2.09 bits per heavy atom. The first-order valence-electron chi connectivity index (χ1n) is 8.66. The van der Waals surface area contributed by atoms with Crippen LogP contribution in [0.1, 0.15) is 66.2 Å². The molecule has 3 atom stereocenters. The van der Waals surface area contributed by atoms with Crippen molar-refractivity contribution < 1.29 is 14.3 Å². The molecule has 0 saturated heterocycles. The smallest absolute Gasteiger partial charge is 0.407 e. The second-order valence-corrected chi connectivity index (χ2v) is 7.69. The third-order valence-electron chi connectivity index (χ3n) is 4.26. The molecule has 1 aliphatic rings. The summed E-state index contributed by atoms with van der Waals surface area (Å²) in [6.45, 7) is 8.19. The fraction of sp³-hybridized carbons (Fsp3) is 0.789. The lowest BCUT2D eigenvalue weighted by Crippen LogP contribution is -2.35. The first kappa shape index (κ1) is 19.5. The average Bonchev–Trinajstić information content (AvgIpc) is 2.40. The van der Waals surface area contributed by atoms with Crippen molar-refractivity contribution in [3.8, 4) is 12.3 Å². The average molecular weight is 321 g/mol. The number of carbonyl (C=O) groups is 2. The number of nitrogens with one attached hydrogen (secondary N) is 1. The van der Waals surface area contributed by atoms with Crippen LogP contribution in [0.15, 0.2) is 0 Å². The lowest BCUT2D eigenvalue weighted by Gasteiger charge is -2.33. The minimum Gasteiger partial charge on any atom is -0.444 e. The van der Waals surface area contributed by atoms with Crippen LogP contribution >= 0.6 is 0 Å². The number of terminal acetylenes is 1. The van der Waals surface area contributed by atoms with Crippen molar-refractivity contribution in [2.24, 2.45) is 17.8 Å². The molecule has 0 radical (unpaired) electrons. The predicted molar refractivity (Wildman–Crippen MR) is 91.9 cm³/mol. The van der Waals surface area contributed by atoms with Gasteiger partial charge in [-0.1, -0.05) is 6.92 Å². The van der Waals surface area contributed by atoms with Crippen molar-refractivity contribution >= 4 is 11.9 Å². The molecule has 4 nitrogen and oxygen atoms in total. The number of hydrogen-bond acceptors (Lipinski definition) is 3. The van der Waals surface area contributed by atoms with Crippen LogP contribution in [0.25, 0.3) is 0 Å². The maximum atomic E-state index is 12.3. The van der Waals surface area contributed by atoms with E-state index in [0.29, 0.717) is 30.6 Å². The highest BCUT2D eigenvalue weighted by Crippen LogP contribution is 2.36. The van der Waals surface area contributed by atoms with E-state index in [4.69, 9.17) is 11.2 Å². The maximum Gasteiger partial charge on any atom is 0.407 e. The van der Waals surface area contributed by atoms with Gasteiger partial charge in [0.15, 0.2) is 0 Å². The van der Waals surface area contributed by atoms with Gasteiger partial charge in [-0.3, -0.25) is 4.79 Å². The normalized spacial score (nSPS) is 24.8. The van der Waals surface area contributed by atoms with E-state index >= 15 is 0 Å². The third-order valence-corrected chi connectivity index (χ3v) is 4.26. The number of ketones is 1. The van der Waals surface area contributed by atoms with Crippen molar-refractivity contribution in [2.75, 3.05) is 6.54 Å². The van der Waals surface area contributed by atoms with E-state index in [0.717, 1.165) is 32.1 Å². The number of alkyl carbamates (subject to hydrolysis) is 1. The zero-order valence-corrected chi connectivity index (χ0v) is 15.0. The lowest BCUT2D eigenvalue weighted by molar-refractivity contribution is -0.128. The molecule has 1 amide bonds. The molecule has 0 aliphatic heterocycles. The van der Waals surface area contributed by atoms with E-state index in [1.165, 1.54) is 0 Å². The maximum absolute atomic E-state index is 12.3. The van der Waals surface area contributed by atoms with Gasteiger partial charge in [0, 0.05) is 25.3 Å². The summed E-state index contributed by atoms with van der Waals surface area (Å²) in [5, 5.41) is 2.76. The summed E-state index contributed by atoms with van der Waals surface area (Å²) in [7, 11) is 0. The number of rotatable bonds is 6. The first-order valence-corrected chi connectivity index (χ1v) is 8.66. The molecule has 4 heteroatoms. The summed E-state index contributed by atoms with van der Waals surface area (Å²) in [5.74, 6) is 4.00. The third kappa shape index (κ3) is 7.54. The van der Waals surface area contributed by atoms with Gasteiger partial charge in [0.2, 0.25) is 0 Å². The van der Waals surface area contributed by atoms with E-state index in [9.17, 15) is 9.59 Å². The SMILES string of the molecule is C#CCC[C@@H]1C[C@@H](C)CC(=O)C1CCCNC(=O)OC(C)(C)C. The van der Waals surface area contributed by atoms with Gasteiger partial charge in [0.25, 0.3) is 0 Å². The molecule has 1 N–H and O–H groups in total. The Kier molecular flexibility index (Phi) is 7.61. The molecular formula is C19H31NO3. The van der Waals surface area contributed by atoms with Crippen molar-refractivity contribution in [3.63, 3.8) is 0 Å². The first-order chi connectivity index (χ1) is 10.7.